The van der Waals surface area contributed by atoms with E-state index in [0.717, 1.165) is 18.6 Å². The van der Waals surface area contributed by atoms with Crippen molar-refractivity contribution in [2.45, 2.75) is 25.8 Å². The molecule has 1 saturated heterocycles. The number of guanidine groups is 1. The largest absolute Gasteiger partial charge is 0.477 e. The number of aliphatic imine (C=N–C) groups is 1. The summed E-state index contributed by atoms with van der Waals surface area (Å²) in [5.74, 6) is 2.17. The summed E-state index contributed by atoms with van der Waals surface area (Å²) in [6.45, 7) is 2.13. The quantitative estimate of drug-likeness (QED) is 0.284. The number of rotatable bonds is 8. The Morgan fingerprint density at radius 1 is 1.19 bits per heavy atom. The Bertz CT molecular complexity index is 896. The Kier molecular flexibility index (Phi) is 5.38. The third-order valence-electron chi connectivity index (χ3n) is 6.84. The third kappa shape index (κ3) is 4.03. The summed E-state index contributed by atoms with van der Waals surface area (Å²) < 4.78 is 5.74. The standard InChI is InChI=1S/C23H29N5O3/c1-24-23(27-12-15-6-7-25-18(10-15)31-13-14-2-3-14)26-8-9-28-21(29)19-16-4-5-17(11-16)20(19)22(28)30/h4-7,10,14,16-17,19-20H,2-3,8-9,11-13H2,1H3,(H2,24,26,27). The number of carbonyl (C=O) groups is 2. The van der Waals surface area contributed by atoms with E-state index in [-0.39, 0.29) is 35.5 Å². The maximum atomic E-state index is 12.8. The molecule has 0 aromatic carbocycles. The van der Waals surface area contributed by atoms with E-state index in [2.05, 4.69) is 32.8 Å². The Hall–Kier alpha value is -2.90. The number of ether oxygens (including phenoxy) is 1. The highest BCUT2D eigenvalue weighted by Gasteiger charge is 2.58. The number of nitrogens with zero attached hydrogens (tertiary/aromatic N) is 3. The number of imide groups is 1. The SMILES string of the molecule is CN=C(NCCN1C(=O)C2C3C=CC(C3)C2C1=O)NCc1ccnc(OCC2CC2)c1. The molecule has 8 nitrogen and oxygen atoms in total. The van der Waals surface area contributed by atoms with E-state index in [1.807, 2.05) is 12.1 Å². The first-order valence-electron chi connectivity index (χ1n) is 11.2. The van der Waals surface area contributed by atoms with Crippen molar-refractivity contribution < 1.29 is 14.3 Å². The number of fused-ring (bicyclic) bond motifs is 5. The number of allylic oxidation sites excluding steroid dienone is 2. The maximum Gasteiger partial charge on any atom is 0.233 e. The fourth-order valence-electron chi connectivity index (χ4n) is 5.00. The van der Waals surface area contributed by atoms with Crippen LogP contribution in [0.1, 0.15) is 24.8 Å². The highest BCUT2D eigenvalue weighted by Crippen LogP contribution is 2.52. The van der Waals surface area contributed by atoms with Crippen LogP contribution in [0.3, 0.4) is 0 Å². The van der Waals surface area contributed by atoms with E-state index in [1.165, 1.54) is 17.7 Å². The second-order valence-corrected chi connectivity index (χ2v) is 8.94. The molecule has 2 bridgehead atoms. The van der Waals surface area contributed by atoms with Gasteiger partial charge in [0.05, 0.1) is 18.4 Å². The second kappa shape index (κ2) is 8.32. The van der Waals surface area contributed by atoms with Gasteiger partial charge < -0.3 is 15.4 Å². The zero-order valence-electron chi connectivity index (χ0n) is 17.8. The number of amides is 2. The van der Waals surface area contributed by atoms with Crippen molar-refractivity contribution >= 4 is 17.8 Å². The molecular formula is C23H29N5O3. The van der Waals surface area contributed by atoms with Gasteiger partial charge in [-0.3, -0.25) is 19.5 Å². The highest BCUT2D eigenvalue weighted by atomic mass is 16.5. The summed E-state index contributed by atoms with van der Waals surface area (Å²) in [4.78, 5) is 35.4. The summed E-state index contributed by atoms with van der Waals surface area (Å²) in [6.07, 6.45) is 9.43. The van der Waals surface area contributed by atoms with Crippen molar-refractivity contribution in [3.63, 3.8) is 0 Å². The fraction of sp³-hybridized carbons (Fsp3) is 0.565. The first-order chi connectivity index (χ1) is 15.1. The lowest BCUT2D eigenvalue weighted by atomic mass is 9.85. The summed E-state index contributed by atoms with van der Waals surface area (Å²) >= 11 is 0. The molecule has 4 unspecified atom stereocenters. The van der Waals surface area contributed by atoms with Crippen molar-refractivity contribution in [1.29, 1.82) is 0 Å². The van der Waals surface area contributed by atoms with Gasteiger partial charge in [-0.2, -0.15) is 0 Å². The van der Waals surface area contributed by atoms with Gasteiger partial charge in [-0.05, 0) is 48.6 Å². The van der Waals surface area contributed by atoms with E-state index in [1.54, 1.807) is 13.2 Å². The molecule has 4 aliphatic rings. The number of carbonyl (C=O) groups excluding carboxylic acids is 2. The van der Waals surface area contributed by atoms with Crippen molar-refractivity contribution in [2.75, 3.05) is 26.7 Å². The molecule has 2 N–H and O–H groups in total. The molecule has 31 heavy (non-hydrogen) atoms. The summed E-state index contributed by atoms with van der Waals surface area (Å²) in [5, 5.41) is 6.46. The number of hydrogen-bond acceptors (Lipinski definition) is 5. The number of likely N-dealkylation sites (tertiary alicyclic amines) is 1. The normalized spacial score (nSPS) is 28.9. The molecule has 1 aromatic heterocycles. The van der Waals surface area contributed by atoms with Crippen LogP contribution in [0.5, 0.6) is 5.88 Å². The topological polar surface area (TPSA) is 95.9 Å². The fourth-order valence-corrected chi connectivity index (χ4v) is 5.00. The van der Waals surface area contributed by atoms with E-state index in [0.29, 0.717) is 37.4 Å². The number of pyridine rings is 1. The lowest BCUT2D eigenvalue weighted by molar-refractivity contribution is -0.140. The predicted octanol–water partition coefficient (Wildman–Crippen LogP) is 1.34. The van der Waals surface area contributed by atoms with Gasteiger partial charge in [0.1, 0.15) is 0 Å². The minimum Gasteiger partial charge on any atom is -0.477 e. The summed E-state index contributed by atoms with van der Waals surface area (Å²) in [5.41, 5.74) is 1.05. The van der Waals surface area contributed by atoms with Gasteiger partial charge >= 0.3 is 0 Å². The molecule has 1 aromatic rings. The molecule has 164 valence electrons. The first kappa shape index (κ1) is 20.0. The monoisotopic (exact) mass is 423 g/mol. The van der Waals surface area contributed by atoms with Crippen LogP contribution in [0.4, 0.5) is 0 Å². The van der Waals surface area contributed by atoms with E-state index >= 15 is 0 Å². The van der Waals surface area contributed by atoms with E-state index in [9.17, 15) is 9.59 Å². The van der Waals surface area contributed by atoms with Crippen molar-refractivity contribution in [3.8, 4) is 5.88 Å². The first-order valence-corrected chi connectivity index (χ1v) is 11.2. The van der Waals surface area contributed by atoms with Crippen LogP contribution in [0.15, 0.2) is 35.5 Å². The van der Waals surface area contributed by atoms with E-state index in [4.69, 9.17) is 4.74 Å². The van der Waals surface area contributed by atoms with Crippen molar-refractivity contribution in [1.82, 2.24) is 20.5 Å². The van der Waals surface area contributed by atoms with Crippen LogP contribution < -0.4 is 15.4 Å². The molecule has 2 heterocycles. The third-order valence-corrected chi connectivity index (χ3v) is 6.84. The van der Waals surface area contributed by atoms with Crippen LogP contribution in [0, 0.1) is 29.6 Å². The maximum absolute atomic E-state index is 12.8. The Labute approximate surface area is 182 Å². The van der Waals surface area contributed by atoms with Crippen LogP contribution in [0.25, 0.3) is 0 Å². The minimum absolute atomic E-state index is 0.00731. The highest BCUT2D eigenvalue weighted by molar-refractivity contribution is 6.06. The Morgan fingerprint density at radius 3 is 2.61 bits per heavy atom. The summed E-state index contributed by atoms with van der Waals surface area (Å²) in [6, 6.07) is 3.87. The molecule has 0 radical (unpaired) electrons. The molecular weight excluding hydrogens is 394 g/mol. The summed E-state index contributed by atoms with van der Waals surface area (Å²) in [7, 11) is 1.70. The van der Waals surface area contributed by atoms with Gasteiger partial charge in [0.15, 0.2) is 5.96 Å². The van der Waals surface area contributed by atoms with Gasteiger partial charge in [0, 0.05) is 38.9 Å². The number of hydrogen-bond donors (Lipinski definition) is 2. The molecule has 3 aliphatic carbocycles. The van der Waals surface area contributed by atoms with Crippen molar-refractivity contribution in [2.24, 2.45) is 34.6 Å². The molecule has 1 aliphatic heterocycles. The van der Waals surface area contributed by atoms with Crippen LogP contribution in [-0.4, -0.2) is 54.4 Å². The molecule has 2 amide bonds. The zero-order valence-corrected chi connectivity index (χ0v) is 17.8. The lowest BCUT2D eigenvalue weighted by Gasteiger charge is -2.18. The average Bonchev–Trinajstić information content (AvgIpc) is 3.30. The van der Waals surface area contributed by atoms with Crippen LogP contribution in [-0.2, 0) is 16.1 Å². The average molecular weight is 424 g/mol. The molecule has 5 rings (SSSR count). The second-order valence-electron chi connectivity index (χ2n) is 8.94. The molecule has 0 spiro atoms. The lowest BCUT2D eigenvalue weighted by Crippen LogP contribution is -2.43. The molecule has 8 heteroatoms. The number of aromatic nitrogens is 1. The van der Waals surface area contributed by atoms with E-state index < -0.39 is 0 Å². The zero-order chi connectivity index (χ0) is 21.4. The minimum atomic E-state index is -0.136. The molecule has 4 atom stereocenters. The number of nitrogens with one attached hydrogen (secondary N) is 2. The predicted molar refractivity (Wildman–Crippen MR) is 115 cm³/mol. The van der Waals surface area contributed by atoms with Crippen LogP contribution >= 0.6 is 0 Å². The van der Waals surface area contributed by atoms with Gasteiger partial charge in [-0.15, -0.1) is 0 Å². The van der Waals surface area contributed by atoms with Gasteiger partial charge in [0.25, 0.3) is 0 Å². The Morgan fingerprint density at radius 2 is 1.94 bits per heavy atom. The Balaban J connectivity index is 1.08. The molecule has 2 saturated carbocycles. The van der Waals surface area contributed by atoms with Crippen LogP contribution in [0.2, 0.25) is 0 Å². The van der Waals surface area contributed by atoms with Gasteiger partial charge in [-0.25, -0.2) is 4.98 Å². The van der Waals surface area contributed by atoms with Gasteiger partial charge in [0.2, 0.25) is 17.7 Å². The van der Waals surface area contributed by atoms with Gasteiger partial charge in [-0.1, -0.05) is 12.2 Å². The molecule has 3 fully saturated rings. The smallest absolute Gasteiger partial charge is 0.233 e. The van der Waals surface area contributed by atoms with Crippen molar-refractivity contribution in [3.05, 3.63) is 36.0 Å².